The van der Waals surface area contributed by atoms with E-state index >= 15 is 0 Å². The molecule has 27 heavy (non-hydrogen) atoms. The molecule has 0 aliphatic heterocycles. The van der Waals surface area contributed by atoms with Gasteiger partial charge in [0.2, 0.25) is 0 Å². The topological polar surface area (TPSA) is 34.6 Å². The molecule has 0 N–H and O–H groups in total. The highest BCUT2D eigenvalue weighted by atomic mass is 79.9. The predicted molar refractivity (Wildman–Crippen MR) is 113 cm³/mol. The first-order valence-electron chi connectivity index (χ1n) is 8.80. The standard InChI is InChI=1S/C22H11BrN4/c23-12-5-8-18-16(11-12)15-7-6-14-13-3-1-2-4-17(13)26-19(14)20(15)27(18)22-21(26)24-9-10-25-22/h1-11H. The third kappa shape index (κ3) is 1.51. The van der Waals surface area contributed by atoms with Crippen molar-refractivity contribution in [2.24, 2.45) is 0 Å². The Balaban J connectivity index is 2.00. The first kappa shape index (κ1) is 13.9. The number of aromatic nitrogens is 4. The second-order valence-corrected chi connectivity index (χ2v) is 7.83. The largest absolute Gasteiger partial charge is 0.289 e. The molecule has 7 aromatic rings. The summed E-state index contributed by atoms with van der Waals surface area (Å²) in [4.78, 5) is 9.46. The van der Waals surface area contributed by atoms with Crippen molar-refractivity contribution in [2.75, 3.05) is 0 Å². The second-order valence-electron chi connectivity index (χ2n) is 6.91. The maximum absolute atomic E-state index is 4.73. The van der Waals surface area contributed by atoms with Crippen LogP contribution in [0.15, 0.2) is 71.5 Å². The van der Waals surface area contributed by atoms with Crippen molar-refractivity contribution in [3.05, 3.63) is 71.5 Å². The number of rotatable bonds is 0. The van der Waals surface area contributed by atoms with Gasteiger partial charge in [-0.1, -0.05) is 46.3 Å². The summed E-state index contributed by atoms with van der Waals surface area (Å²) in [6, 6.07) is 19.4. The number of hydrogen-bond donors (Lipinski definition) is 0. The number of fused-ring (bicyclic) bond motifs is 9. The molecule has 4 aromatic heterocycles. The van der Waals surface area contributed by atoms with E-state index in [0.29, 0.717) is 0 Å². The average Bonchev–Trinajstić information content (AvgIpc) is 3.21. The zero-order valence-corrected chi connectivity index (χ0v) is 15.6. The number of halogens is 1. The van der Waals surface area contributed by atoms with Crippen LogP contribution in [0.3, 0.4) is 0 Å². The summed E-state index contributed by atoms with van der Waals surface area (Å²) in [5, 5.41) is 4.94. The highest BCUT2D eigenvalue weighted by Crippen LogP contribution is 2.41. The van der Waals surface area contributed by atoms with Crippen LogP contribution in [0.5, 0.6) is 0 Å². The van der Waals surface area contributed by atoms with Crippen LogP contribution in [0.2, 0.25) is 0 Å². The maximum atomic E-state index is 4.73. The van der Waals surface area contributed by atoms with E-state index < -0.39 is 0 Å². The van der Waals surface area contributed by atoms with Crippen LogP contribution >= 0.6 is 15.9 Å². The van der Waals surface area contributed by atoms with Gasteiger partial charge in [-0.05, 0) is 24.3 Å². The Hall–Kier alpha value is -3.18. The molecule has 0 radical (unpaired) electrons. The summed E-state index contributed by atoms with van der Waals surface area (Å²) in [7, 11) is 0. The second kappa shape index (κ2) is 4.56. The molecule has 5 heteroatoms. The van der Waals surface area contributed by atoms with Crippen LogP contribution in [0.25, 0.3) is 54.9 Å². The smallest absolute Gasteiger partial charge is 0.182 e. The van der Waals surface area contributed by atoms with E-state index in [1.54, 1.807) is 12.4 Å². The minimum atomic E-state index is 0.876. The predicted octanol–water partition coefficient (Wildman–Crippen LogP) is 5.80. The summed E-state index contributed by atoms with van der Waals surface area (Å²) in [5.74, 6) is 0. The van der Waals surface area contributed by atoms with Gasteiger partial charge in [0.05, 0.1) is 22.1 Å². The van der Waals surface area contributed by atoms with E-state index in [-0.39, 0.29) is 0 Å². The third-order valence-corrected chi connectivity index (χ3v) is 6.10. The molecule has 0 aliphatic rings. The molecule has 3 aromatic carbocycles. The first-order valence-corrected chi connectivity index (χ1v) is 9.60. The Morgan fingerprint density at radius 1 is 0.630 bits per heavy atom. The van der Waals surface area contributed by atoms with Gasteiger partial charge in [-0.3, -0.25) is 8.80 Å². The molecule has 0 atom stereocenters. The van der Waals surface area contributed by atoms with Gasteiger partial charge in [-0.2, -0.15) is 0 Å². The molecule has 0 saturated carbocycles. The van der Waals surface area contributed by atoms with Gasteiger partial charge in [0, 0.05) is 38.4 Å². The van der Waals surface area contributed by atoms with Crippen molar-refractivity contribution in [3.63, 3.8) is 0 Å². The lowest BCUT2D eigenvalue weighted by molar-refractivity contribution is 1.13. The van der Waals surface area contributed by atoms with Crippen molar-refractivity contribution in [3.8, 4) is 0 Å². The highest BCUT2D eigenvalue weighted by Gasteiger charge is 2.22. The van der Waals surface area contributed by atoms with Crippen LogP contribution in [0, 0.1) is 0 Å². The van der Waals surface area contributed by atoms with E-state index in [0.717, 1.165) is 21.3 Å². The Labute approximate surface area is 161 Å². The number of para-hydroxylation sites is 1. The zero-order chi connectivity index (χ0) is 17.7. The summed E-state index contributed by atoms with van der Waals surface area (Å²) in [5.41, 5.74) is 6.47. The molecule has 4 nitrogen and oxygen atoms in total. The van der Waals surface area contributed by atoms with Crippen LogP contribution in [0.4, 0.5) is 0 Å². The minimum Gasteiger partial charge on any atom is -0.289 e. The van der Waals surface area contributed by atoms with Crippen molar-refractivity contribution in [1.82, 2.24) is 18.8 Å². The monoisotopic (exact) mass is 410 g/mol. The molecule has 0 aliphatic carbocycles. The van der Waals surface area contributed by atoms with E-state index in [1.807, 2.05) is 0 Å². The molecule has 126 valence electrons. The van der Waals surface area contributed by atoms with Gasteiger partial charge in [-0.25, -0.2) is 9.97 Å². The van der Waals surface area contributed by atoms with Gasteiger partial charge >= 0.3 is 0 Å². The van der Waals surface area contributed by atoms with Crippen LogP contribution in [-0.2, 0) is 0 Å². The van der Waals surface area contributed by atoms with Gasteiger partial charge in [0.1, 0.15) is 0 Å². The minimum absolute atomic E-state index is 0.876. The molecule has 0 fully saturated rings. The molecule has 0 unspecified atom stereocenters. The SMILES string of the molecule is Brc1ccc2c(c1)c1ccc3c4ccccc4n4c5nccnc5n2c1c34. The molecule has 0 amide bonds. The molecule has 0 bridgehead atoms. The highest BCUT2D eigenvalue weighted by molar-refractivity contribution is 9.10. The van der Waals surface area contributed by atoms with Gasteiger partial charge < -0.3 is 0 Å². The summed E-state index contributed by atoms with van der Waals surface area (Å²) >= 11 is 3.63. The van der Waals surface area contributed by atoms with E-state index in [1.165, 1.54) is 38.1 Å². The summed E-state index contributed by atoms with van der Waals surface area (Å²) < 4.78 is 5.61. The summed E-state index contributed by atoms with van der Waals surface area (Å²) in [6.45, 7) is 0. The van der Waals surface area contributed by atoms with Crippen LogP contribution in [0.1, 0.15) is 0 Å². The molecular formula is C22H11BrN4. The lowest BCUT2D eigenvalue weighted by atomic mass is 10.1. The lowest BCUT2D eigenvalue weighted by Crippen LogP contribution is -2.00. The van der Waals surface area contributed by atoms with Crippen LogP contribution in [-0.4, -0.2) is 18.8 Å². The van der Waals surface area contributed by atoms with E-state index in [4.69, 9.17) is 9.97 Å². The third-order valence-electron chi connectivity index (χ3n) is 5.61. The Bertz CT molecular complexity index is 1690. The van der Waals surface area contributed by atoms with Gasteiger partial charge in [0.25, 0.3) is 0 Å². The lowest BCUT2D eigenvalue weighted by Gasteiger charge is -2.09. The molecule has 7 rings (SSSR count). The fraction of sp³-hybridized carbons (Fsp3) is 0. The number of hydrogen-bond acceptors (Lipinski definition) is 2. The molecular weight excluding hydrogens is 400 g/mol. The van der Waals surface area contributed by atoms with Crippen molar-refractivity contribution >= 4 is 70.8 Å². The van der Waals surface area contributed by atoms with Crippen molar-refractivity contribution < 1.29 is 0 Å². The van der Waals surface area contributed by atoms with E-state index in [9.17, 15) is 0 Å². The summed E-state index contributed by atoms with van der Waals surface area (Å²) in [6.07, 6.45) is 3.54. The normalized spacial score (nSPS) is 12.6. The zero-order valence-electron chi connectivity index (χ0n) is 14.0. The first-order chi connectivity index (χ1) is 13.3. The fourth-order valence-corrected chi connectivity index (χ4v) is 4.96. The van der Waals surface area contributed by atoms with Gasteiger partial charge in [0.15, 0.2) is 11.3 Å². The molecule has 4 heterocycles. The average molecular weight is 411 g/mol. The number of nitrogens with zero attached hydrogens (tertiary/aromatic N) is 4. The van der Waals surface area contributed by atoms with Crippen molar-refractivity contribution in [1.29, 1.82) is 0 Å². The quantitative estimate of drug-likeness (QED) is 0.296. The van der Waals surface area contributed by atoms with E-state index in [2.05, 4.69) is 79.3 Å². The number of benzene rings is 3. The van der Waals surface area contributed by atoms with Gasteiger partial charge in [-0.15, -0.1) is 0 Å². The van der Waals surface area contributed by atoms with Crippen molar-refractivity contribution in [2.45, 2.75) is 0 Å². The maximum Gasteiger partial charge on any atom is 0.182 e. The fourth-order valence-electron chi connectivity index (χ4n) is 4.60. The Morgan fingerprint density at radius 3 is 2.00 bits per heavy atom. The molecule has 0 spiro atoms. The Morgan fingerprint density at radius 2 is 1.26 bits per heavy atom. The molecule has 0 saturated heterocycles. The van der Waals surface area contributed by atoms with Crippen LogP contribution < -0.4 is 0 Å². The Kier molecular flexibility index (Phi) is 2.36.